The molecule has 10 nitrogen and oxygen atoms in total. The lowest BCUT2D eigenvalue weighted by molar-refractivity contribution is -0.384. The topological polar surface area (TPSA) is 132 Å². The van der Waals surface area contributed by atoms with Crippen LogP contribution in [-0.2, 0) is 9.59 Å². The van der Waals surface area contributed by atoms with Crippen LogP contribution in [0.3, 0.4) is 0 Å². The Bertz CT molecular complexity index is 1410. The Balaban J connectivity index is 1.70. The van der Waals surface area contributed by atoms with Crippen molar-refractivity contribution < 1.29 is 24.0 Å². The van der Waals surface area contributed by atoms with Gasteiger partial charge in [0.15, 0.2) is 0 Å². The van der Waals surface area contributed by atoms with Crippen LogP contribution in [0.15, 0.2) is 95.3 Å². The first-order chi connectivity index (χ1) is 19.7. The van der Waals surface area contributed by atoms with Crippen molar-refractivity contribution in [3.8, 4) is 11.5 Å². The molecule has 3 N–H and O–H groups in total. The standard InChI is InChI=1S/C31H32N4O6/c1-5-40-25-15-9-22(10-16-25)33-30(36)27-19(3)32-20(4)28(29(27)21-7-13-24(14-8-21)35(38)39)31(37)34-23-11-17-26(18-12-23)41-6-2/h7-18,29,32H,5-6H2,1-4H3,(H,33,36)(H,34,37). The fourth-order valence-electron chi connectivity index (χ4n) is 4.72. The number of amides is 2. The van der Waals surface area contributed by atoms with Gasteiger partial charge >= 0.3 is 0 Å². The molecule has 3 aromatic carbocycles. The monoisotopic (exact) mass is 556 g/mol. The van der Waals surface area contributed by atoms with E-state index >= 15 is 0 Å². The molecule has 4 rings (SSSR count). The summed E-state index contributed by atoms with van der Waals surface area (Å²) in [6, 6.07) is 19.8. The zero-order chi connectivity index (χ0) is 29.5. The molecule has 3 aromatic rings. The summed E-state index contributed by atoms with van der Waals surface area (Å²) in [4.78, 5) is 38.3. The second kappa shape index (κ2) is 12.8. The number of carbonyl (C=O) groups is 2. The van der Waals surface area contributed by atoms with E-state index in [-0.39, 0.29) is 5.69 Å². The van der Waals surface area contributed by atoms with E-state index in [2.05, 4.69) is 16.0 Å². The fourth-order valence-corrected chi connectivity index (χ4v) is 4.72. The minimum absolute atomic E-state index is 0.0927. The van der Waals surface area contributed by atoms with Crippen molar-refractivity contribution in [2.75, 3.05) is 23.8 Å². The molecule has 41 heavy (non-hydrogen) atoms. The highest BCUT2D eigenvalue weighted by Gasteiger charge is 2.36. The SMILES string of the molecule is CCOc1ccc(NC(=O)C2=C(C)NC(C)=C(C(=O)Nc3ccc(OCC)cc3)C2c2ccc([N+](=O)[O-])cc2)cc1. The number of carbonyl (C=O) groups excluding carboxylic acids is 2. The molecule has 0 unspecified atom stereocenters. The van der Waals surface area contributed by atoms with Crippen LogP contribution in [0.25, 0.3) is 0 Å². The first-order valence-corrected chi connectivity index (χ1v) is 13.2. The van der Waals surface area contributed by atoms with Crippen molar-refractivity contribution in [1.29, 1.82) is 0 Å². The zero-order valence-electron chi connectivity index (χ0n) is 23.3. The largest absolute Gasteiger partial charge is 0.494 e. The Morgan fingerprint density at radius 2 is 1.17 bits per heavy atom. The van der Waals surface area contributed by atoms with Gasteiger partial charge in [0.05, 0.1) is 18.1 Å². The van der Waals surface area contributed by atoms with E-state index in [0.29, 0.717) is 64.2 Å². The fraction of sp³-hybridized carbons (Fsp3) is 0.226. The van der Waals surface area contributed by atoms with Crippen molar-refractivity contribution in [3.63, 3.8) is 0 Å². The van der Waals surface area contributed by atoms with Gasteiger partial charge in [0, 0.05) is 52.0 Å². The van der Waals surface area contributed by atoms with Crippen molar-refractivity contribution in [3.05, 3.63) is 111 Å². The summed E-state index contributed by atoms with van der Waals surface area (Å²) in [6.45, 7) is 8.34. The van der Waals surface area contributed by atoms with Crippen LogP contribution in [0.1, 0.15) is 39.2 Å². The number of ether oxygens (including phenoxy) is 2. The maximum absolute atomic E-state index is 13.8. The highest BCUT2D eigenvalue weighted by Crippen LogP contribution is 2.40. The predicted octanol–water partition coefficient (Wildman–Crippen LogP) is 5.90. The summed E-state index contributed by atoms with van der Waals surface area (Å²) in [7, 11) is 0. The maximum atomic E-state index is 13.8. The average Bonchev–Trinajstić information content (AvgIpc) is 2.95. The summed E-state index contributed by atoms with van der Waals surface area (Å²) < 4.78 is 11.0. The number of hydrogen-bond donors (Lipinski definition) is 3. The number of anilines is 2. The number of dihydropyridines is 1. The third-order valence-electron chi connectivity index (χ3n) is 6.53. The lowest BCUT2D eigenvalue weighted by Gasteiger charge is -2.31. The Kier molecular flexibility index (Phi) is 9.03. The molecule has 0 saturated carbocycles. The van der Waals surface area contributed by atoms with Gasteiger partial charge in [-0.3, -0.25) is 19.7 Å². The third-order valence-corrected chi connectivity index (χ3v) is 6.53. The number of rotatable bonds is 10. The summed E-state index contributed by atoms with van der Waals surface area (Å²) in [5.41, 5.74) is 3.32. The lowest BCUT2D eigenvalue weighted by atomic mass is 9.79. The Hall–Kier alpha value is -5.12. The number of nitrogens with zero attached hydrogens (tertiary/aromatic N) is 1. The zero-order valence-corrected chi connectivity index (χ0v) is 23.3. The van der Waals surface area contributed by atoms with E-state index in [1.807, 2.05) is 13.8 Å². The molecule has 0 spiro atoms. The van der Waals surface area contributed by atoms with Crippen molar-refractivity contribution in [2.45, 2.75) is 33.6 Å². The van der Waals surface area contributed by atoms with Crippen LogP contribution in [0.5, 0.6) is 11.5 Å². The average molecular weight is 557 g/mol. The Labute approximate surface area is 238 Å². The van der Waals surface area contributed by atoms with E-state index in [1.165, 1.54) is 12.1 Å². The first kappa shape index (κ1) is 28.9. The number of hydrogen-bond acceptors (Lipinski definition) is 7. The van der Waals surface area contributed by atoms with Gasteiger partial charge in [-0.15, -0.1) is 0 Å². The minimum Gasteiger partial charge on any atom is -0.494 e. The molecule has 0 aliphatic carbocycles. The van der Waals surface area contributed by atoms with E-state index in [1.54, 1.807) is 74.5 Å². The first-order valence-electron chi connectivity index (χ1n) is 13.2. The quantitative estimate of drug-likeness (QED) is 0.209. The summed E-state index contributed by atoms with van der Waals surface area (Å²) in [6.07, 6.45) is 0. The molecule has 0 radical (unpaired) electrons. The Morgan fingerprint density at radius 3 is 1.54 bits per heavy atom. The van der Waals surface area contributed by atoms with Crippen molar-refractivity contribution in [2.24, 2.45) is 0 Å². The third kappa shape index (κ3) is 6.73. The summed E-state index contributed by atoms with van der Waals surface area (Å²) >= 11 is 0. The molecule has 0 fully saturated rings. The molecule has 1 heterocycles. The molecule has 0 saturated heterocycles. The number of benzene rings is 3. The molecule has 1 aliphatic rings. The second-order valence-electron chi connectivity index (χ2n) is 9.31. The predicted molar refractivity (Wildman–Crippen MR) is 157 cm³/mol. The van der Waals surface area contributed by atoms with E-state index in [0.717, 1.165) is 0 Å². The van der Waals surface area contributed by atoms with Gasteiger partial charge in [0.2, 0.25) is 0 Å². The molecule has 0 atom stereocenters. The van der Waals surface area contributed by atoms with Gasteiger partial charge in [-0.1, -0.05) is 12.1 Å². The molecule has 1 aliphatic heterocycles. The van der Waals surface area contributed by atoms with Crippen molar-refractivity contribution >= 4 is 28.9 Å². The second-order valence-corrected chi connectivity index (χ2v) is 9.31. The number of allylic oxidation sites excluding steroid dienone is 2. The molecular formula is C31H32N4O6. The molecule has 2 amide bonds. The smallest absolute Gasteiger partial charge is 0.269 e. The van der Waals surface area contributed by atoms with Crippen LogP contribution >= 0.6 is 0 Å². The van der Waals surface area contributed by atoms with Gasteiger partial charge in [0.1, 0.15) is 11.5 Å². The van der Waals surface area contributed by atoms with Crippen LogP contribution in [0.4, 0.5) is 17.1 Å². The van der Waals surface area contributed by atoms with Gasteiger partial charge < -0.3 is 25.4 Å². The molecule has 212 valence electrons. The summed E-state index contributed by atoms with van der Waals surface area (Å²) in [5, 5.41) is 20.3. The molecule has 0 bridgehead atoms. The minimum atomic E-state index is -0.803. The normalized spacial score (nSPS) is 13.4. The van der Waals surface area contributed by atoms with Gasteiger partial charge in [-0.05, 0) is 81.8 Å². The number of nitro benzene ring substituents is 1. The van der Waals surface area contributed by atoms with Gasteiger partial charge in [-0.25, -0.2) is 0 Å². The van der Waals surface area contributed by atoms with Crippen molar-refractivity contribution in [1.82, 2.24) is 5.32 Å². The van der Waals surface area contributed by atoms with E-state index < -0.39 is 22.7 Å². The van der Waals surface area contributed by atoms with Gasteiger partial charge in [-0.2, -0.15) is 0 Å². The Morgan fingerprint density at radius 1 is 0.756 bits per heavy atom. The van der Waals surface area contributed by atoms with Crippen LogP contribution < -0.4 is 25.4 Å². The molecule has 0 aromatic heterocycles. The van der Waals surface area contributed by atoms with Crippen LogP contribution in [-0.4, -0.2) is 30.0 Å². The van der Waals surface area contributed by atoms with E-state index in [9.17, 15) is 19.7 Å². The molecule has 10 heteroatoms. The number of nitro groups is 1. The van der Waals surface area contributed by atoms with Gasteiger partial charge in [0.25, 0.3) is 17.5 Å². The molecular weight excluding hydrogens is 524 g/mol. The highest BCUT2D eigenvalue weighted by molar-refractivity contribution is 6.11. The number of nitrogens with one attached hydrogen (secondary N) is 3. The number of non-ortho nitro benzene ring substituents is 1. The highest BCUT2D eigenvalue weighted by atomic mass is 16.6. The maximum Gasteiger partial charge on any atom is 0.269 e. The van der Waals surface area contributed by atoms with Crippen LogP contribution in [0.2, 0.25) is 0 Å². The van der Waals surface area contributed by atoms with Crippen LogP contribution in [0, 0.1) is 10.1 Å². The van der Waals surface area contributed by atoms with E-state index in [4.69, 9.17) is 9.47 Å². The summed E-state index contributed by atoms with van der Waals surface area (Å²) in [5.74, 6) is -0.281. The lowest BCUT2D eigenvalue weighted by Crippen LogP contribution is -2.35.